The number of aryl methyl sites for hydroxylation is 1. The van der Waals surface area contributed by atoms with Gasteiger partial charge in [0.15, 0.2) is 0 Å². The van der Waals surface area contributed by atoms with E-state index in [1.807, 2.05) is 6.92 Å². The van der Waals surface area contributed by atoms with Crippen LogP contribution < -0.4 is 11.1 Å². The van der Waals surface area contributed by atoms with E-state index in [1.54, 1.807) is 17.1 Å². The minimum absolute atomic E-state index is 0.0153. The molecule has 1 rings (SSSR count). The van der Waals surface area contributed by atoms with E-state index in [1.165, 1.54) is 0 Å². The van der Waals surface area contributed by atoms with Crippen molar-refractivity contribution in [3.63, 3.8) is 0 Å². The molecule has 6 heteroatoms. The van der Waals surface area contributed by atoms with Gasteiger partial charge in [-0.1, -0.05) is 5.21 Å². The number of carbonyl (C=O) groups is 1. The Morgan fingerprint density at radius 1 is 1.71 bits per heavy atom. The molecule has 1 amide bonds. The van der Waals surface area contributed by atoms with E-state index in [0.29, 0.717) is 19.5 Å². The molecule has 0 spiro atoms. The summed E-state index contributed by atoms with van der Waals surface area (Å²) in [4.78, 5) is 11.3. The Morgan fingerprint density at radius 3 is 3.07 bits per heavy atom. The third-order valence-electron chi connectivity index (χ3n) is 1.80. The Bertz CT molecular complexity index is 271. The highest BCUT2D eigenvalue weighted by molar-refractivity contribution is 5.76. The number of carbonyl (C=O) groups excluding carboxylic acids is 1. The summed E-state index contributed by atoms with van der Waals surface area (Å²) in [6.07, 6.45) is 3.70. The van der Waals surface area contributed by atoms with Crippen molar-refractivity contribution in [2.45, 2.75) is 25.9 Å². The summed E-state index contributed by atoms with van der Waals surface area (Å²) < 4.78 is 1.62. The maximum atomic E-state index is 11.3. The summed E-state index contributed by atoms with van der Waals surface area (Å²) in [6, 6.07) is 0.0262. The van der Waals surface area contributed by atoms with Crippen LogP contribution in [-0.2, 0) is 11.3 Å². The number of nitrogens with one attached hydrogen (secondary N) is 1. The molecule has 0 unspecified atom stereocenters. The average Bonchev–Trinajstić information content (AvgIpc) is 2.67. The molecular weight excluding hydrogens is 182 g/mol. The lowest BCUT2D eigenvalue weighted by Crippen LogP contribution is -2.38. The largest absolute Gasteiger partial charge is 0.352 e. The van der Waals surface area contributed by atoms with E-state index < -0.39 is 0 Å². The van der Waals surface area contributed by atoms with Gasteiger partial charge in [0.1, 0.15) is 0 Å². The Balaban J connectivity index is 2.22. The van der Waals surface area contributed by atoms with Gasteiger partial charge in [0.25, 0.3) is 0 Å². The standard InChI is InChI=1S/C8H15N5O/c1-7(6-9)11-8(14)2-4-13-5-3-10-12-13/h3,5,7H,2,4,6,9H2,1H3,(H,11,14)/t7-/m1/s1. The minimum Gasteiger partial charge on any atom is -0.352 e. The van der Waals surface area contributed by atoms with Crippen LogP contribution in [0.3, 0.4) is 0 Å². The molecule has 1 heterocycles. The average molecular weight is 197 g/mol. The van der Waals surface area contributed by atoms with E-state index >= 15 is 0 Å². The first-order valence-corrected chi connectivity index (χ1v) is 4.56. The second-order valence-electron chi connectivity index (χ2n) is 3.12. The molecule has 14 heavy (non-hydrogen) atoms. The van der Waals surface area contributed by atoms with Crippen molar-refractivity contribution in [3.05, 3.63) is 12.4 Å². The maximum Gasteiger partial charge on any atom is 0.222 e. The van der Waals surface area contributed by atoms with Crippen molar-refractivity contribution in [3.8, 4) is 0 Å². The van der Waals surface area contributed by atoms with Crippen LogP contribution in [0.15, 0.2) is 12.4 Å². The van der Waals surface area contributed by atoms with Gasteiger partial charge in [0.2, 0.25) is 5.91 Å². The Morgan fingerprint density at radius 2 is 2.50 bits per heavy atom. The minimum atomic E-state index is -0.0153. The lowest BCUT2D eigenvalue weighted by atomic mass is 10.3. The fourth-order valence-corrected chi connectivity index (χ4v) is 0.974. The highest BCUT2D eigenvalue weighted by atomic mass is 16.1. The number of rotatable bonds is 5. The van der Waals surface area contributed by atoms with Crippen LogP contribution in [0, 0.1) is 0 Å². The molecule has 0 aliphatic carbocycles. The zero-order valence-electron chi connectivity index (χ0n) is 8.18. The van der Waals surface area contributed by atoms with Gasteiger partial charge in [-0.15, -0.1) is 5.10 Å². The Labute approximate surface area is 82.5 Å². The van der Waals surface area contributed by atoms with Crippen LogP contribution in [0.1, 0.15) is 13.3 Å². The van der Waals surface area contributed by atoms with Crippen molar-refractivity contribution in [2.24, 2.45) is 5.73 Å². The van der Waals surface area contributed by atoms with Crippen LogP contribution in [0.2, 0.25) is 0 Å². The van der Waals surface area contributed by atoms with Gasteiger partial charge in [0.05, 0.1) is 12.7 Å². The topological polar surface area (TPSA) is 85.8 Å². The highest BCUT2D eigenvalue weighted by Crippen LogP contribution is 1.88. The second kappa shape index (κ2) is 5.33. The van der Waals surface area contributed by atoms with Crippen LogP contribution in [0.5, 0.6) is 0 Å². The molecule has 0 saturated carbocycles. The summed E-state index contributed by atoms with van der Waals surface area (Å²) in [6.45, 7) is 2.87. The number of aromatic nitrogens is 3. The number of amides is 1. The fourth-order valence-electron chi connectivity index (χ4n) is 0.974. The zero-order valence-corrected chi connectivity index (χ0v) is 8.18. The lowest BCUT2D eigenvalue weighted by Gasteiger charge is -2.10. The SMILES string of the molecule is C[C@H](CN)NC(=O)CCn1ccnn1. The highest BCUT2D eigenvalue weighted by Gasteiger charge is 2.05. The molecule has 0 radical (unpaired) electrons. The van der Waals surface area contributed by atoms with Crippen molar-refractivity contribution in [2.75, 3.05) is 6.54 Å². The summed E-state index contributed by atoms with van der Waals surface area (Å²) >= 11 is 0. The van der Waals surface area contributed by atoms with Crippen LogP contribution >= 0.6 is 0 Å². The van der Waals surface area contributed by atoms with Crippen molar-refractivity contribution in [1.82, 2.24) is 20.3 Å². The van der Waals surface area contributed by atoms with Gasteiger partial charge >= 0.3 is 0 Å². The first-order chi connectivity index (χ1) is 6.72. The van der Waals surface area contributed by atoms with Gasteiger partial charge < -0.3 is 11.1 Å². The molecular formula is C8H15N5O. The molecule has 0 aromatic carbocycles. The number of hydrogen-bond donors (Lipinski definition) is 2. The van der Waals surface area contributed by atoms with Crippen LogP contribution in [-0.4, -0.2) is 33.5 Å². The lowest BCUT2D eigenvalue weighted by molar-refractivity contribution is -0.121. The molecule has 0 fully saturated rings. The quantitative estimate of drug-likeness (QED) is 0.642. The normalized spacial score (nSPS) is 12.4. The molecule has 0 aliphatic rings. The van der Waals surface area contributed by atoms with Crippen molar-refractivity contribution >= 4 is 5.91 Å². The van der Waals surface area contributed by atoms with Gasteiger partial charge in [-0.3, -0.25) is 9.48 Å². The monoisotopic (exact) mass is 197 g/mol. The molecule has 1 atom stereocenters. The predicted octanol–water partition coefficient (Wildman–Crippen LogP) is -0.868. The van der Waals surface area contributed by atoms with Gasteiger partial charge in [-0.25, -0.2) is 0 Å². The summed E-state index contributed by atoms with van der Waals surface area (Å²) in [5.74, 6) is -0.0153. The molecule has 0 saturated heterocycles. The molecule has 0 bridgehead atoms. The van der Waals surface area contributed by atoms with E-state index in [0.717, 1.165) is 0 Å². The third kappa shape index (κ3) is 3.53. The summed E-state index contributed by atoms with van der Waals surface area (Å²) in [7, 11) is 0. The molecule has 1 aromatic heterocycles. The fraction of sp³-hybridized carbons (Fsp3) is 0.625. The van der Waals surface area contributed by atoms with E-state index in [2.05, 4.69) is 15.6 Å². The molecule has 3 N–H and O–H groups in total. The molecule has 1 aromatic rings. The molecule has 6 nitrogen and oxygen atoms in total. The predicted molar refractivity (Wildman–Crippen MR) is 51.3 cm³/mol. The van der Waals surface area contributed by atoms with Gasteiger partial charge in [-0.2, -0.15) is 0 Å². The van der Waals surface area contributed by atoms with Gasteiger partial charge in [-0.05, 0) is 6.92 Å². The molecule has 0 aliphatic heterocycles. The van der Waals surface area contributed by atoms with Crippen LogP contribution in [0.25, 0.3) is 0 Å². The van der Waals surface area contributed by atoms with Crippen molar-refractivity contribution < 1.29 is 4.79 Å². The number of nitrogens with two attached hydrogens (primary N) is 1. The maximum absolute atomic E-state index is 11.3. The second-order valence-corrected chi connectivity index (χ2v) is 3.12. The molecule has 78 valence electrons. The third-order valence-corrected chi connectivity index (χ3v) is 1.80. The van der Waals surface area contributed by atoms with E-state index in [9.17, 15) is 4.79 Å². The summed E-state index contributed by atoms with van der Waals surface area (Å²) in [5, 5.41) is 10.2. The Hall–Kier alpha value is -1.43. The first kappa shape index (κ1) is 10.6. The first-order valence-electron chi connectivity index (χ1n) is 4.56. The Kier molecular flexibility index (Phi) is 4.06. The number of nitrogens with zero attached hydrogens (tertiary/aromatic N) is 3. The van der Waals surface area contributed by atoms with E-state index in [4.69, 9.17) is 5.73 Å². The van der Waals surface area contributed by atoms with Gasteiger partial charge in [0, 0.05) is 25.2 Å². The van der Waals surface area contributed by atoms with E-state index in [-0.39, 0.29) is 11.9 Å². The number of hydrogen-bond acceptors (Lipinski definition) is 4. The smallest absolute Gasteiger partial charge is 0.222 e. The summed E-state index contributed by atoms with van der Waals surface area (Å²) in [5.41, 5.74) is 5.37. The van der Waals surface area contributed by atoms with Crippen molar-refractivity contribution in [1.29, 1.82) is 0 Å². The zero-order chi connectivity index (χ0) is 10.4. The van der Waals surface area contributed by atoms with Crippen LogP contribution in [0.4, 0.5) is 0 Å².